The van der Waals surface area contributed by atoms with E-state index < -0.39 is 0 Å². The molecule has 2 aliphatic heterocycles. The molecule has 0 aliphatic carbocycles. The van der Waals surface area contributed by atoms with Gasteiger partial charge in [-0.3, -0.25) is 0 Å². The minimum absolute atomic E-state index is 0.482. The van der Waals surface area contributed by atoms with E-state index in [1.807, 2.05) is 6.07 Å². The van der Waals surface area contributed by atoms with Crippen LogP contribution in [0.5, 0.6) is 5.75 Å². The lowest BCUT2D eigenvalue weighted by Crippen LogP contribution is -2.40. The molecule has 0 saturated carbocycles. The van der Waals surface area contributed by atoms with Crippen molar-refractivity contribution in [1.82, 2.24) is 0 Å². The Morgan fingerprint density at radius 1 is 1.44 bits per heavy atom. The summed E-state index contributed by atoms with van der Waals surface area (Å²) in [6.07, 6.45) is 0. The first-order chi connectivity index (χ1) is 8.83. The Labute approximate surface area is 108 Å². The smallest absolute Gasteiger partial charge is 0.121 e. The zero-order valence-corrected chi connectivity index (χ0v) is 11.0. The molecule has 1 aromatic carbocycles. The fourth-order valence-corrected chi connectivity index (χ4v) is 2.98. The zero-order chi connectivity index (χ0) is 12.5. The van der Waals surface area contributed by atoms with Gasteiger partial charge < -0.3 is 19.7 Å². The summed E-state index contributed by atoms with van der Waals surface area (Å²) in [6, 6.07) is 6.72. The molecule has 4 heteroatoms. The summed E-state index contributed by atoms with van der Waals surface area (Å²) in [5.41, 5.74) is 2.43. The van der Waals surface area contributed by atoms with Crippen molar-refractivity contribution in [2.45, 2.75) is 13.0 Å². The van der Waals surface area contributed by atoms with Crippen molar-refractivity contribution in [3.8, 4) is 5.75 Å². The van der Waals surface area contributed by atoms with Gasteiger partial charge in [-0.2, -0.15) is 0 Å². The molecule has 1 saturated heterocycles. The lowest BCUT2D eigenvalue weighted by atomic mass is 10.0. The van der Waals surface area contributed by atoms with Crippen LogP contribution in [0.4, 0.5) is 11.4 Å². The van der Waals surface area contributed by atoms with Gasteiger partial charge in [0, 0.05) is 25.1 Å². The summed E-state index contributed by atoms with van der Waals surface area (Å²) in [5, 5.41) is 3.53. The van der Waals surface area contributed by atoms with Crippen LogP contribution >= 0.6 is 0 Å². The van der Waals surface area contributed by atoms with Crippen LogP contribution in [0.25, 0.3) is 0 Å². The number of nitrogens with one attached hydrogen (secondary N) is 1. The maximum absolute atomic E-state index is 5.64. The quantitative estimate of drug-likeness (QED) is 0.867. The minimum Gasteiger partial charge on any atom is -0.497 e. The van der Waals surface area contributed by atoms with Gasteiger partial charge in [0.15, 0.2) is 0 Å². The molecule has 0 amide bonds. The van der Waals surface area contributed by atoms with Crippen LogP contribution in [0, 0.1) is 5.92 Å². The van der Waals surface area contributed by atoms with Crippen LogP contribution < -0.4 is 15.0 Å². The van der Waals surface area contributed by atoms with Crippen molar-refractivity contribution in [1.29, 1.82) is 0 Å². The Hall–Kier alpha value is -1.42. The van der Waals surface area contributed by atoms with E-state index in [0.717, 1.165) is 32.1 Å². The first-order valence-corrected chi connectivity index (χ1v) is 6.59. The van der Waals surface area contributed by atoms with E-state index in [-0.39, 0.29) is 0 Å². The van der Waals surface area contributed by atoms with Gasteiger partial charge in [-0.15, -0.1) is 0 Å². The third kappa shape index (κ3) is 1.81. The molecule has 2 heterocycles. The highest BCUT2D eigenvalue weighted by molar-refractivity contribution is 5.73. The van der Waals surface area contributed by atoms with Gasteiger partial charge in [-0.05, 0) is 19.1 Å². The second-order valence-corrected chi connectivity index (χ2v) is 4.91. The Bertz CT molecular complexity index is 436. The Morgan fingerprint density at radius 3 is 3.11 bits per heavy atom. The van der Waals surface area contributed by atoms with Crippen LogP contribution in [-0.2, 0) is 4.74 Å². The molecule has 98 valence electrons. The van der Waals surface area contributed by atoms with E-state index in [4.69, 9.17) is 9.47 Å². The minimum atomic E-state index is 0.482. The van der Waals surface area contributed by atoms with Crippen molar-refractivity contribution in [2.75, 3.05) is 43.6 Å². The molecule has 0 bridgehead atoms. The molecule has 2 aliphatic rings. The summed E-state index contributed by atoms with van der Waals surface area (Å²) in [6.45, 7) is 5.87. The van der Waals surface area contributed by atoms with Gasteiger partial charge in [0.2, 0.25) is 0 Å². The largest absolute Gasteiger partial charge is 0.497 e. The second kappa shape index (κ2) is 4.69. The molecule has 1 N–H and O–H groups in total. The number of methoxy groups -OCH3 is 1. The summed E-state index contributed by atoms with van der Waals surface area (Å²) in [7, 11) is 1.71. The highest BCUT2D eigenvalue weighted by Gasteiger charge is 2.35. The van der Waals surface area contributed by atoms with Crippen LogP contribution in [0.2, 0.25) is 0 Å². The van der Waals surface area contributed by atoms with Crippen molar-refractivity contribution < 1.29 is 9.47 Å². The molecule has 0 spiro atoms. The molecule has 4 nitrogen and oxygen atoms in total. The molecule has 1 aromatic rings. The number of likely N-dealkylation sites (N-methyl/N-ethyl adjacent to an activating group) is 1. The average Bonchev–Trinajstić information content (AvgIpc) is 2.81. The maximum Gasteiger partial charge on any atom is 0.121 e. The standard InChI is InChI=1S/C14H20N2O2/c1-3-16-13-6-11(17-2)4-5-12(13)15-7-10-8-18-9-14(10)16/h4-6,10,14-15H,3,7-9H2,1-2H3. The molecule has 2 atom stereocenters. The first-order valence-electron chi connectivity index (χ1n) is 6.59. The highest BCUT2D eigenvalue weighted by atomic mass is 16.5. The summed E-state index contributed by atoms with van der Waals surface area (Å²) in [4.78, 5) is 2.44. The van der Waals surface area contributed by atoms with Crippen LogP contribution in [0.1, 0.15) is 6.92 Å². The van der Waals surface area contributed by atoms with E-state index in [9.17, 15) is 0 Å². The summed E-state index contributed by atoms with van der Waals surface area (Å²) < 4.78 is 11.0. The lowest BCUT2D eigenvalue weighted by Gasteiger charge is -2.31. The van der Waals surface area contributed by atoms with Gasteiger partial charge in [-0.25, -0.2) is 0 Å². The SMILES string of the molecule is CCN1c2cc(OC)ccc2NCC2COCC21. The molecular formula is C14H20N2O2. The predicted molar refractivity (Wildman–Crippen MR) is 72.6 cm³/mol. The third-order valence-electron chi connectivity index (χ3n) is 3.97. The van der Waals surface area contributed by atoms with E-state index >= 15 is 0 Å². The van der Waals surface area contributed by atoms with Crippen molar-refractivity contribution >= 4 is 11.4 Å². The number of ether oxygens (including phenoxy) is 2. The fourth-order valence-electron chi connectivity index (χ4n) is 2.98. The van der Waals surface area contributed by atoms with Gasteiger partial charge >= 0.3 is 0 Å². The van der Waals surface area contributed by atoms with E-state index in [1.54, 1.807) is 7.11 Å². The number of hydrogen-bond acceptors (Lipinski definition) is 4. The number of nitrogens with zero attached hydrogens (tertiary/aromatic N) is 1. The first kappa shape index (κ1) is 11.7. The Kier molecular flexibility index (Phi) is 3.04. The number of fused-ring (bicyclic) bond motifs is 2. The van der Waals surface area contributed by atoms with E-state index in [0.29, 0.717) is 12.0 Å². The topological polar surface area (TPSA) is 33.7 Å². The molecule has 1 fully saturated rings. The molecule has 0 aromatic heterocycles. The van der Waals surface area contributed by atoms with Gasteiger partial charge in [0.05, 0.1) is 37.7 Å². The molecule has 3 rings (SSSR count). The molecule has 0 radical (unpaired) electrons. The van der Waals surface area contributed by atoms with Crippen LogP contribution in [-0.4, -0.2) is 39.5 Å². The van der Waals surface area contributed by atoms with E-state index in [2.05, 4.69) is 29.3 Å². The van der Waals surface area contributed by atoms with Gasteiger partial charge in [-0.1, -0.05) is 0 Å². The second-order valence-electron chi connectivity index (χ2n) is 4.91. The molecular weight excluding hydrogens is 228 g/mol. The average molecular weight is 248 g/mol. The lowest BCUT2D eigenvalue weighted by molar-refractivity contribution is 0.185. The fraction of sp³-hybridized carbons (Fsp3) is 0.571. The van der Waals surface area contributed by atoms with Gasteiger partial charge in [0.25, 0.3) is 0 Å². The molecule has 2 unspecified atom stereocenters. The normalized spacial score (nSPS) is 26.0. The maximum atomic E-state index is 5.64. The third-order valence-corrected chi connectivity index (χ3v) is 3.97. The summed E-state index contributed by atoms with van der Waals surface area (Å²) >= 11 is 0. The number of benzene rings is 1. The highest BCUT2D eigenvalue weighted by Crippen LogP contribution is 2.37. The van der Waals surface area contributed by atoms with Crippen molar-refractivity contribution in [3.63, 3.8) is 0 Å². The zero-order valence-electron chi connectivity index (χ0n) is 11.0. The van der Waals surface area contributed by atoms with Crippen LogP contribution in [0.3, 0.4) is 0 Å². The number of hydrogen-bond donors (Lipinski definition) is 1. The van der Waals surface area contributed by atoms with Crippen molar-refractivity contribution in [3.05, 3.63) is 18.2 Å². The molecule has 18 heavy (non-hydrogen) atoms. The van der Waals surface area contributed by atoms with Crippen LogP contribution in [0.15, 0.2) is 18.2 Å². The van der Waals surface area contributed by atoms with Crippen molar-refractivity contribution in [2.24, 2.45) is 5.92 Å². The Balaban J connectivity index is 2.02. The van der Waals surface area contributed by atoms with E-state index in [1.165, 1.54) is 11.4 Å². The Morgan fingerprint density at radius 2 is 2.33 bits per heavy atom. The van der Waals surface area contributed by atoms with Gasteiger partial charge in [0.1, 0.15) is 5.75 Å². The number of rotatable bonds is 2. The number of anilines is 2. The summed E-state index contributed by atoms with van der Waals surface area (Å²) in [5.74, 6) is 1.48. The predicted octanol–water partition coefficient (Wildman–Crippen LogP) is 1.96. The monoisotopic (exact) mass is 248 g/mol.